The summed E-state index contributed by atoms with van der Waals surface area (Å²) >= 11 is 0. The fourth-order valence-corrected chi connectivity index (χ4v) is 0.953. The van der Waals surface area contributed by atoms with Crippen molar-refractivity contribution in [3.05, 3.63) is 35.4 Å². The number of carboxylic acids is 1. The van der Waals surface area contributed by atoms with Gasteiger partial charge < -0.3 is 10.2 Å². The maximum atomic E-state index is 10.1. The molecule has 0 saturated carbocycles. The summed E-state index contributed by atoms with van der Waals surface area (Å²) in [6.45, 7) is 0. The van der Waals surface area contributed by atoms with Gasteiger partial charge in [-0.3, -0.25) is 0 Å². The molecule has 0 amide bonds. The minimum Gasteiger partial charge on any atom is -0.472 e. The Kier molecular flexibility index (Phi) is 3.45. The molecule has 0 aliphatic rings. The van der Waals surface area contributed by atoms with Gasteiger partial charge in [0.1, 0.15) is 6.10 Å². The molecule has 0 bridgehead atoms. The van der Waals surface area contributed by atoms with E-state index in [4.69, 9.17) is 10.4 Å². The number of nitriles is 1. The van der Waals surface area contributed by atoms with Crippen LogP contribution in [0.2, 0.25) is 0 Å². The van der Waals surface area contributed by atoms with Gasteiger partial charge in [0.15, 0.2) is 0 Å². The maximum absolute atomic E-state index is 10.1. The molecule has 0 fully saturated rings. The number of hydrogen-bond acceptors (Lipinski definition) is 3. The van der Waals surface area contributed by atoms with Crippen molar-refractivity contribution in [2.24, 2.45) is 0 Å². The van der Waals surface area contributed by atoms with Gasteiger partial charge >= 0.3 is 5.97 Å². The minimum absolute atomic E-state index is 0.461. The van der Waals surface area contributed by atoms with Gasteiger partial charge in [0.2, 0.25) is 0 Å². The van der Waals surface area contributed by atoms with Crippen molar-refractivity contribution in [1.29, 1.82) is 5.26 Å². The van der Waals surface area contributed by atoms with E-state index in [9.17, 15) is 9.90 Å². The molecule has 4 heteroatoms. The number of nitrogens with zero attached hydrogens (tertiary/aromatic N) is 1. The third-order valence-corrected chi connectivity index (χ3v) is 1.67. The largest absolute Gasteiger partial charge is 0.472 e. The average Bonchev–Trinajstić information content (AvgIpc) is 2.26. The summed E-state index contributed by atoms with van der Waals surface area (Å²) in [5.41, 5.74) is 0.930. The van der Waals surface area contributed by atoms with Crippen LogP contribution in [0.25, 0.3) is 0 Å². The molecule has 4 nitrogen and oxygen atoms in total. The first-order valence-corrected chi connectivity index (χ1v) is 4.06. The zero-order valence-electron chi connectivity index (χ0n) is 7.64. The van der Waals surface area contributed by atoms with E-state index in [-0.39, 0.29) is 0 Å². The van der Waals surface area contributed by atoms with E-state index in [1.54, 1.807) is 0 Å². The van der Waals surface area contributed by atoms with Gasteiger partial charge in [0.05, 0.1) is 11.6 Å². The number of rotatable bonds is 1. The van der Waals surface area contributed by atoms with E-state index in [2.05, 4.69) is 5.92 Å². The Bertz CT molecular complexity index is 459. The highest BCUT2D eigenvalue weighted by atomic mass is 16.4. The SMILES string of the molecule is N#Cc1ccc(C(O)C#CC(=O)O)cc1. The summed E-state index contributed by atoms with van der Waals surface area (Å²) in [5, 5.41) is 26.2. The highest BCUT2D eigenvalue weighted by Crippen LogP contribution is 2.12. The molecule has 0 radical (unpaired) electrons. The van der Waals surface area contributed by atoms with Crippen LogP contribution in [-0.2, 0) is 4.79 Å². The van der Waals surface area contributed by atoms with Crippen LogP contribution in [0, 0.1) is 23.2 Å². The van der Waals surface area contributed by atoms with E-state index in [1.807, 2.05) is 12.0 Å². The zero-order valence-corrected chi connectivity index (χ0v) is 7.64. The van der Waals surface area contributed by atoms with Crippen molar-refractivity contribution in [3.63, 3.8) is 0 Å². The molecule has 0 heterocycles. The predicted molar refractivity (Wildman–Crippen MR) is 51.5 cm³/mol. The van der Waals surface area contributed by atoms with Gasteiger partial charge in [0.25, 0.3) is 0 Å². The highest BCUT2D eigenvalue weighted by molar-refractivity contribution is 5.86. The Labute approximate surface area is 86.4 Å². The number of aliphatic hydroxyl groups excluding tert-OH is 1. The van der Waals surface area contributed by atoms with E-state index in [0.29, 0.717) is 11.1 Å². The quantitative estimate of drug-likeness (QED) is 0.654. The Morgan fingerprint density at radius 3 is 2.40 bits per heavy atom. The second-order valence-electron chi connectivity index (χ2n) is 2.71. The Hall–Kier alpha value is -2.30. The molecule has 15 heavy (non-hydrogen) atoms. The zero-order chi connectivity index (χ0) is 11.3. The Morgan fingerprint density at radius 1 is 1.33 bits per heavy atom. The van der Waals surface area contributed by atoms with Crippen molar-refractivity contribution >= 4 is 5.97 Å². The number of benzene rings is 1. The van der Waals surface area contributed by atoms with Gasteiger partial charge in [-0.25, -0.2) is 4.79 Å². The normalized spacial score (nSPS) is 10.7. The van der Waals surface area contributed by atoms with Crippen LogP contribution >= 0.6 is 0 Å². The molecule has 1 aromatic carbocycles. The third kappa shape index (κ3) is 3.15. The van der Waals surface area contributed by atoms with Crippen LogP contribution in [0.5, 0.6) is 0 Å². The molecule has 0 aliphatic carbocycles. The fourth-order valence-electron chi connectivity index (χ4n) is 0.953. The maximum Gasteiger partial charge on any atom is 0.382 e. The number of aliphatic hydroxyl groups is 1. The second kappa shape index (κ2) is 4.80. The van der Waals surface area contributed by atoms with Crippen LogP contribution in [0.15, 0.2) is 24.3 Å². The van der Waals surface area contributed by atoms with Crippen LogP contribution in [-0.4, -0.2) is 16.2 Å². The molecular formula is C11H7NO3. The Balaban J connectivity index is 2.85. The van der Waals surface area contributed by atoms with Gasteiger partial charge in [-0.2, -0.15) is 5.26 Å². The second-order valence-corrected chi connectivity index (χ2v) is 2.71. The molecule has 0 aromatic heterocycles. The summed E-state index contributed by atoms with van der Waals surface area (Å²) in [6, 6.07) is 8.04. The van der Waals surface area contributed by atoms with Gasteiger partial charge in [-0.05, 0) is 17.7 Å². The first-order valence-electron chi connectivity index (χ1n) is 4.06. The predicted octanol–water partition coefficient (Wildman–Crippen LogP) is 0.680. The van der Waals surface area contributed by atoms with E-state index in [1.165, 1.54) is 24.3 Å². The summed E-state index contributed by atoms with van der Waals surface area (Å²) in [4.78, 5) is 10.1. The lowest BCUT2D eigenvalue weighted by Gasteiger charge is -2.02. The molecular weight excluding hydrogens is 194 g/mol. The highest BCUT2D eigenvalue weighted by Gasteiger charge is 2.03. The molecule has 0 saturated heterocycles. The smallest absolute Gasteiger partial charge is 0.382 e. The Morgan fingerprint density at radius 2 is 1.93 bits per heavy atom. The summed E-state index contributed by atoms with van der Waals surface area (Å²) < 4.78 is 0. The van der Waals surface area contributed by atoms with Crippen molar-refractivity contribution < 1.29 is 15.0 Å². The van der Waals surface area contributed by atoms with Crippen LogP contribution in [0.3, 0.4) is 0 Å². The minimum atomic E-state index is -1.29. The third-order valence-electron chi connectivity index (χ3n) is 1.67. The summed E-state index contributed by atoms with van der Waals surface area (Å²) in [6.07, 6.45) is -1.14. The average molecular weight is 201 g/mol. The van der Waals surface area contributed by atoms with Gasteiger partial charge in [-0.15, -0.1) is 0 Å². The molecule has 74 valence electrons. The standard InChI is InChI=1S/C11H7NO3/c12-7-8-1-3-9(4-2-8)10(13)5-6-11(14)15/h1-4,10,13H,(H,14,15). The topological polar surface area (TPSA) is 81.3 Å². The molecule has 0 aliphatic heterocycles. The van der Waals surface area contributed by atoms with E-state index < -0.39 is 12.1 Å². The molecule has 0 spiro atoms. The van der Waals surface area contributed by atoms with Crippen molar-refractivity contribution in [2.75, 3.05) is 0 Å². The number of carbonyl (C=O) groups is 1. The van der Waals surface area contributed by atoms with Crippen LogP contribution in [0.4, 0.5) is 0 Å². The summed E-state index contributed by atoms with van der Waals surface area (Å²) in [5.74, 6) is 2.69. The van der Waals surface area contributed by atoms with Crippen molar-refractivity contribution in [3.8, 4) is 17.9 Å². The molecule has 1 aromatic rings. The van der Waals surface area contributed by atoms with Gasteiger partial charge in [0, 0.05) is 5.92 Å². The number of hydrogen-bond donors (Lipinski definition) is 2. The van der Waals surface area contributed by atoms with Crippen molar-refractivity contribution in [2.45, 2.75) is 6.10 Å². The van der Waals surface area contributed by atoms with Crippen LogP contribution < -0.4 is 0 Å². The first kappa shape index (κ1) is 10.8. The van der Waals surface area contributed by atoms with Crippen molar-refractivity contribution in [1.82, 2.24) is 0 Å². The summed E-state index contributed by atoms with van der Waals surface area (Å²) in [7, 11) is 0. The molecule has 1 rings (SSSR count). The number of carboxylic acid groups (broad SMARTS) is 1. The lowest BCUT2D eigenvalue weighted by molar-refractivity contribution is -0.130. The monoisotopic (exact) mass is 201 g/mol. The first-order chi connectivity index (χ1) is 7.13. The molecule has 2 N–H and O–H groups in total. The van der Waals surface area contributed by atoms with E-state index in [0.717, 1.165) is 0 Å². The van der Waals surface area contributed by atoms with Crippen LogP contribution in [0.1, 0.15) is 17.2 Å². The molecule has 1 atom stereocenters. The van der Waals surface area contributed by atoms with Gasteiger partial charge in [-0.1, -0.05) is 18.1 Å². The number of aliphatic carboxylic acids is 1. The van der Waals surface area contributed by atoms with E-state index >= 15 is 0 Å². The lowest BCUT2D eigenvalue weighted by Crippen LogP contribution is -1.95. The lowest BCUT2D eigenvalue weighted by atomic mass is 10.1. The fraction of sp³-hybridized carbons (Fsp3) is 0.0909. The molecule has 1 unspecified atom stereocenters.